The molecule has 10 aromatic carbocycles. The zero-order valence-electron chi connectivity index (χ0n) is 49.8. The van der Waals surface area contributed by atoms with Crippen molar-refractivity contribution in [2.75, 3.05) is 14.7 Å². The number of nitrogens with zero attached hydrogens (tertiary/aromatic N) is 3. The van der Waals surface area contributed by atoms with Crippen LogP contribution in [0.4, 0.5) is 45.5 Å². The number of hydrogen-bond acceptors (Lipinski definition) is 3. The molecule has 1 saturated carbocycles. The summed E-state index contributed by atoms with van der Waals surface area (Å²) in [6.45, 7) is 22.1. The molecule has 3 aliphatic heterocycles. The van der Waals surface area contributed by atoms with Crippen LogP contribution in [0.2, 0.25) is 0 Å². The molecule has 2 atom stereocenters. The first kappa shape index (κ1) is 51.5. The summed E-state index contributed by atoms with van der Waals surface area (Å²) in [6.07, 6.45) is 5.73. The van der Waals surface area contributed by atoms with E-state index in [1.165, 1.54) is 136 Å². The van der Waals surface area contributed by atoms with Gasteiger partial charge in [0.1, 0.15) is 0 Å². The van der Waals surface area contributed by atoms with E-state index in [1.54, 1.807) is 0 Å². The lowest BCUT2D eigenvalue weighted by molar-refractivity contribution is 0.195. The van der Waals surface area contributed by atoms with Crippen molar-refractivity contribution in [3.63, 3.8) is 0 Å². The number of rotatable bonds is 7. The van der Waals surface area contributed by atoms with Crippen molar-refractivity contribution in [1.82, 2.24) is 0 Å². The van der Waals surface area contributed by atoms with Crippen LogP contribution in [-0.2, 0) is 21.7 Å². The zero-order valence-corrected chi connectivity index (χ0v) is 49.8. The van der Waals surface area contributed by atoms with Gasteiger partial charge in [-0.25, -0.2) is 0 Å². The van der Waals surface area contributed by atoms with Gasteiger partial charge in [-0.2, -0.15) is 0 Å². The summed E-state index contributed by atoms with van der Waals surface area (Å²) in [6, 6.07) is 86.3. The zero-order chi connectivity index (χ0) is 56.8. The number of hydrogen-bond donors (Lipinski definition) is 0. The molecule has 2 aliphatic carbocycles. The second-order valence-corrected chi connectivity index (χ2v) is 27.5. The third kappa shape index (κ3) is 7.91. The highest BCUT2D eigenvalue weighted by Gasteiger charge is 2.58. The van der Waals surface area contributed by atoms with Crippen LogP contribution in [0, 0.1) is 0 Å². The molecule has 0 radical (unpaired) electrons. The molecule has 0 spiro atoms. The largest absolute Gasteiger partial charge is 0.334 e. The standard InChI is InChI=1S/C79H74BN3/c1-75(2,3)59-36-41-68(62(46-59)56-30-20-13-21-31-56)82-71-50-64-63(76(4,5)51-77(64,6)7)49-67(71)80-66-45-58(54-28-18-12-19-29-54)35-40-70(66)81(60-37-32-55(33-38-60)52-24-14-10-15-25-52)72-47-61(48-73(82)74(72)80)83-69-39-34-57(53-26-16-11-17-27-53)44-65(69)78(8)42-22-23-43-79(78,83)9/h10-21,24-41,44-50H,22-23,42-43,51H2,1-9H3. The van der Waals surface area contributed by atoms with E-state index in [9.17, 15) is 0 Å². The van der Waals surface area contributed by atoms with Crippen LogP contribution in [0.5, 0.6) is 0 Å². The third-order valence-electron chi connectivity index (χ3n) is 20.5. The average molecular weight is 1080 g/mol. The molecule has 0 saturated heterocycles. The molecular formula is C79H74BN3. The molecule has 4 heteroatoms. The topological polar surface area (TPSA) is 9.72 Å². The highest BCUT2D eigenvalue weighted by atomic mass is 15.3. The van der Waals surface area contributed by atoms with Crippen LogP contribution < -0.4 is 31.1 Å². The van der Waals surface area contributed by atoms with Crippen LogP contribution in [0.3, 0.4) is 0 Å². The summed E-state index contributed by atoms with van der Waals surface area (Å²) in [7, 11) is 0. The molecule has 1 fully saturated rings. The molecule has 15 rings (SSSR count). The van der Waals surface area contributed by atoms with Crippen molar-refractivity contribution < 1.29 is 0 Å². The van der Waals surface area contributed by atoms with Crippen LogP contribution >= 0.6 is 0 Å². The Hall–Kier alpha value is -8.34. The molecule has 3 nitrogen and oxygen atoms in total. The van der Waals surface area contributed by atoms with E-state index in [-0.39, 0.29) is 33.9 Å². The number of anilines is 8. The Morgan fingerprint density at radius 1 is 0.373 bits per heavy atom. The Morgan fingerprint density at radius 3 is 1.48 bits per heavy atom. The lowest BCUT2D eigenvalue weighted by atomic mass is 9.33. The Balaban J connectivity index is 1.08. The summed E-state index contributed by atoms with van der Waals surface area (Å²) >= 11 is 0. The van der Waals surface area contributed by atoms with Crippen LogP contribution in [0.25, 0.3) is 44.5 Å². The van der Waals surface area contributed by atoms with Crippen molar-refractivity contribution >= 4 is 68.6 Å². The van der Waals surface area contributed by atoms with Crippen LogP contribution in [0.1, 0.15) is 117 Å². The SMILES string of the molecule is CC(C)(C)c1ccc(N2c3cc4c(cc3B3c5cc(-c6ccccc6)ccc5N(c5ccc(-c6ccccc6)cc5)c5cc(N6c7ccc(-c8ccccc8)cc7C7(C)CCCCC67C)cc2c53)C(C)(C)CC4(C)C)c(-c2ccccc2)c1. The Bertz CT molecular complexity index is 4200. The predicted molar refractivity (Wildman–Crippen MR) is 354 cm³/mol. The molecule has 0 bridgehead atoms. The van der Waals surface area contributed by atoms with Gasteiger partial charge in [-0.15, -0.1) is 0 Å². The fourth-order valence-corrected chi connectivity index (χ4v) is 16.4. The summed E-state index contributed by atoms with van der Waals surface area (Å²) in [5.74, 6) is 0. The quantitative estimate of drug-likeness (QED) is 0.147. The van der Waals surface area contributed by atoms with Gasteiger partial charge in [0.05, 0.1) is 11.2 Å². The highest BCUT2D eigenvalue weighted by Crippen LogP contribution is 2.63. The van der Waals surface area contributed by atoms with Gasteiger partial charge in [0, 0.05) is 50.8 Å². The summed E-state index contributed by atoms with van der Waals surface area (Å²) in [5.41, 5.74) is 29.1. The van der Waals surface area contributed by atoms with Gasteiger partial charge in [-0.3, -0.25) is 0 Å². The maximum atomic E-state index is 2.83. The smallest absolute Gasteiger partial charge is 0.252 e. The molecule has 2 unspecified atom stereocenters. The van der Waals surface area contributed by atoms with Gasteiger partial charge in [-0.1, -0.05) is 232 Å². The molecule has 10 aromatic rings. The van der Waals surface area contributed by atoms with Gasteiger partial charge in [0.15, 0.2) is 0 Å². The van der Waals surface area contributed by atoms with Crippen molar-refractivity contribution in [3.8, 4) is 44.5 Å². The van der Waals surface area contributed by atoms with Crippen molar-refractivity contribution in [1.29, 1.82) is 0 Å². The van der Waals surface area contributed by atoms with Crippen molar-refractivity contribution in [3.05, 3.63) is 247 Å². The van der Waals surface area contributed by atoms with E-state index in [0.29, 0.717) is 0 Å². The van der Waals surface area contributed by atoms with E-state index in [1.807, 2.05) is 0 Å². The van der Waals surface area contributed by atoms with Gasteiger partial charge in [-0.05, 0) is 181 Å². The summed E-state index contributed by atoms with van der Waals surface area (Å²) in [4.78, 5) is 8.21. The second-order valence-electron chi connectivity index (χ2n) is 27.5. The highest BCUT2D eigenvalue weighted by molar-refractivity contribution is 7.00. The number of fused-ring (bicyclic) bond motifs is 8. The molecule has 5 aliphatic rings. The normalized spacial score (nSPS) is 19.6. The fourth-order valence-electron chi connectivity index (χ4n) is 16.4. The van der Waals surface area contributed by atoms with E-state index in [2.05, 4.69) is 301 Å². The average Bonchev–Trinajstić information content (AvgIpc) is 1.79. The van der Waals surface area contributed by atoms with E-state index < -0.39 is 0 Å². The van der Waals surface area contributed by atoms with Crippen molar-refractivity contribution in [2.45, 2.75) is 122 Å². The molecule has 0 amide bonds. The lowest BCUT2D eigenvalue weighted by Gasteiger charge is -2.51. The lowest BCUT2D eigenvalue weighted by Crippen LogP contribution is -2.62. The molecule has 0 N–H and O–H groups in total. The van der Waals surface area contributed by atoms with Gasteiger partial charge >= 0.3 is 0 Å². The minimum atomic E-state index is -0.208. The first-order chi connectivity index (χ1) is 40.0. The monoisotopic (exact) mass is 1080 g/mol. The minimum absolute atomic E-state index is 0.0171. The predicted octanol–water partition coefficient (Wildman–Crippen LogP) is 19.4. The molecule has 3 heterocycles. The van der Waals surface area contributed by atoms with E-state index in [0.717, 1.165) is 24.9 Å². The van der Waals surface area contributed by atoms with E-state index in [4.69, 9.17) is 0 Å². The molecule has 408 valence electrons. The molecular weight excluding hydrogens is 1000 g/mol. The fraction of sp³-hybridized carbons (Fsp3) is 0.241. The van der Waals surface area contributed by atoms with Crippen LogP contribution in [0.15, 0.2) is 224 Å². The second kappa shape index (κ2) is 18.6. The summed E-state index contributed by atoms with van der Waals surface area (Å²) < 4.78 is 0. The van der Waals surface area contributed by atoms with E-state index >= 15 is 0 Å². The van der Waals surface area contributed by atoms with Gasteiger partial charge < -0.3 is 14.7 Å². The molecule has 83 heavy (non-hydrogen) atoms. The maximum absolute atomic E-state index is 2.83. The van der Waals surface area contributed by atoms with Gasteiger partial charge in [0.25, 0.3) is 6.71 Å². The Labute approximate surface area is 493 Å². The van der Waals surface area contributed by atoms with Crippen LogP contribution in [-0.4, -0.2) is 12.3 Å². The van der Waals surface area contributed by atoms with Gasteiger partial charge in [0.2, 0.25) is 0 Å². The molecule has 0 aromatic heterocycles. The third-order valence-corrected chi connectivity index (χ3v) is 20.5. The maximum Gasteiger partial charge on any atom is 0.252 e. The Kier molecular flexibility index (Phi) is 11.5. The first-order valence-electron chi connectivity index (χ1n) is 30.5. The Morgan fingerprint density at radius 2 is 0.867 bits per heavy atom. The minimum Gasteiger partial charge on any atom is -0.334 e. The number of benzene rings is 10. The van der Waals surface area contributed by atoms with Crippen molar-refractivity contribution in [2.24, 2.45) is 0 Å². The summed E-state index contributed by atoms with van der Waals surface area (Å²) in [5, 5.41) is 0. The first-order valence-corrected chi connectivity index (χ1v) is 30.5.